The second-order valence-electron chi connectivity index (χ2n) is 3.93. The molecule has 0 aliphatic carbocycles. The minimum Gasteiger partial charge on any atom is -0.307 e. The van der Waals surface area contributed by atoms with Crippen LogP contribution in [0.1, 0.15) is 37.4 Å². The maximum atomic E-state index is 8.81. The molecule has 0 saturated heterocycles. The van der Waals surface area contributed by atoms with Crippen LogP contribution in [0.4, 0.5) is 0 Å². The van der Waals surface area contributed by atoms with Gasteiger partial charge in [-0.05, 0) is 31.5 Å². The molecule has 2 heteroatoms. The van der Waals surface area contributed by atoms with E-state index < -0.39 is 0 Å². The molecule has 2 atom stereocenters. The minimum atomic E-state index is 0.205. The molecule has 1 rings (SSSR count). The van der Waals surface area contributed by atoms with Gasteiger partial charge in [-0.3, -0.25) is 0 Å². The topological polar surface area (TPSA) is 35.8 Å². The van der Waals surface area contributed by atoms with Gasteiger partial charge in [-0.25, -0.2) is 0 Å². The fraction of sp³-hybridized carbons (Fsp3) is 0.357. The fourth-order valence-electron chi connectivity index (χ4n) is 1.64. The standard InChI is InChI=1S/C14H16N2/c1-4-6-11(2)16-12(3)14-8-5-7-13(9-14)10-15/h1,5,7-9,11-12,16H,6H2,2-3H3. The molecule has 1 aromatic carbocycles. The minimum absolute atomic E-state index is 0.205. The van der Waals surface area contributed by atoms with Crippen molar-refractivity contribution in [2.45, 2.75) is 32.4 Å². The van der Waals surface area contributed by atoms with Crippen LogP contribution in [-0.4, -0.2) is 6.04 Å². The van der Waals surface area contributed by atoms with Crippen LogP contribution in [0.15, 0.2) is 24.3 Å². The third-order valence-electron chi connectivity index (χ3n) is 2.47. The Hall–Kier alpha value is -1.77. The highest BCUT2D eigenvalue weighted by molar-refractivity contribution is 5.34. The lowest BCUT2D eigenvalue weighted by molar-refractivity contribution is 0.486. The van der Waals surface area contributed by atoms with Crippen LogP contribution in [0.25, 0.3) is 0 Å². The summed E-state index contributed by atoms with van der Waals surface area (Å²) in [6, 6.07) is 10.3. The van der Waals surface area contributed by atoms with Crippen LogP contribution in [0.3, 0.4) is 0 Å². The summed E-state index contributed by atoms with van der Waals surface area (Å²) < 4.78 is 0. The number of rotatable bonds is 4. The van der Waals surface area contributed by atoms with Gasteiger partial charge < -0.3 is 5.32 Å². The van der Waals surface area contributed by atoms with E-state index in [4.69, 9.17) is 11.7 Å². The highest BCUT2D eigenvalue weighted by atomic mass is 14.9. The third-order valence-corrected chi connectivity index (χ3v) is 2.47. The molecule has 1 N–H and O–H groups in total. The van der Waals surface area contributed by atoms with Crippen LogP contribution in [-0.2, 0) is 0 Å². The number of nitrogens with zero attached hydrogens (tertiary/aromatic N) is 1. The molecule has 0 aliphatic heterocycles. The molecule has 2 nitrogen and oxygen atoms in total. The largest absolute Gasteiger partial charge is 0.307 e. The van der Waals surface area contributed by atoms with Gasteiger partial charge in [0.25, 0.3) is 0 Å². The molecular weight excluding hydrogens is 196 g/mol. The lowest BCUT2D eigenvalue weighted by Gasteiger charge is -2.18. The summed E-state index contributed by atoms with van der Waals surface area (Å²) >= 11 is 0. The second-order valence-corrected chi connectivity index (χ2v) is 3.93. The zero-order valence-electron chi connectivity index (χ0n) is 9.70. The van der Waals surface area contributed by atoms with Crippen LogP contribution in [0.2, 0.25) is 0 Å². The van der Waals surface area contributed by atoms with Gasteiger partial charge in [0.2, 0.25) is 0 Å². The number of nitriles is 1. The monoisotopic (exact) mass is 212 g/mol. The normalized spacial score (nSPS) is 13.5. The predicted octanol–water partition coefficient (Wildman–Crippen LogP) is 2.62. The molecule has 0 aromatic heterocycles. The van der Waals surface area contributed by atoms with Crippen LogP contribution >= 0.6 is 0 Å². The SMILES string of the molecule is C#CCC(C)NC(C)c1cccc(C#N)c1. The summed E-state index contributed by atoms with van der Waals surface area (Å²) in [6.45, 7) is 4.13. The van der Waals surface area contributed by atoms with Gasteiger partial charge in [0.05, 0.1) is 11.6 Å². The van der Waals surface area contributed by atoms with Crippen molar-refractivity contribution in [3.05, 3.63) is 35.4 Å². The predicted molar refractivity (Wildman–Crippen MR) is 65.6 cm³/mol. The first kappa shape index (κ1) is 12.3. The number of hydrogen-bond donors (Lipinski definition) is 1. The van der Waals surface area contributed by atoms with Gasteiger partial charge in [0.1, 0.15) is 0 Å². The van der Waals surface area contributed by atoms with Crippen molar-refractivity contribution in [2.24, 2.45) is 0 Å². The first-order chi connectivity index (χ1) is 7.67. The van der Waals surface area contributed by atoms with Gasteiger partial charge >= 0.3 is 0 Å². The Kier molecular flexibility index (Phi) is 4.58. The first-order valence-corrected chi connectivity index (χ1v) is 5.37. The van der Waals surface area contributed by atoms with Gasteiger partial charge in [-0.1, -0.05) is 12.1 Å². The van der Waals surface area contributed by atoms with E-state index in [-0.39, 0.29) is 12.1 Å². The third kappa shape index (κ3) is 3.42. The molecule has 2 unspecified atom stereocenters. The quantitative estimate of drug-likeness (QED) is 0.779. The smallest absolute Gasteiger partial charge is 0.0991 e. The Morgan fingerprint density at radius 2 is 2.19 bits per heavy atom. The van der Waals surface area contributed by atoms with Crippen molar-refractivity contribution in [2.75, 3.05) is 0 Å². The summed E-state index contributed by atoms with van der Waals surface area (Å²) in [4.78, 5) is 0. The Bertz CT molecular complexity index is 423. The van der Waals surface area contributed by atoms with Crippen molar-refractivity contribution in [3.63, 3.8) is 0 Å². The van der Waals surface area contributed by atoms with Crippen LogP contribution in [0, 0.1) is 23.7 Å². The van der Waals surface area contributed by atoms with Gasteiger partial charge in [-0.15, -0.1) is 12.3 Å². The second kappa shape index (κ2) is 5.95. The maximum Gasteiger partial charge on any atom is 0.0991 e. The molecule has 0 spiro atoms. The number of terminal acetylenes is 1. The highest BCUT2D eigenvalue weighted by Gasteiger charge is 2.08. The average Bonchev–Trinajstić information content (AvgIpc) is 2.29. The van der Waals surface area contributed by atoms with E-state index in [1.165, 1.54) is 0 Å². The number of benzene rings is 1. The Labute approximate surface area is 97.3 Å². The summed E-state index contributed by atoms with van der Waals surface area (Å²) in [6.07, 6.45) is 5.97. The fourth-order valence-corrected chi connectivity index (χ4v) is 1.64. The van der Waals surface area contributed by atoms with E-state index in [2.05, 4.69) is 31.2 Å². The van der Waals surface area contributed by atoms with Crippen LogP contribution in [0.5, 0.6) is 0 Å². The van der Waals surface area contributed by atoms with E-state index >= 15 is 0 Å². The summed E-state index contributed by atoms with van der Waals surface area (Å²) in [5.74, 6) is 2.63. The van der Waals surface area contributed by atoms with Gasteiger partial charge in [0, 0.05) is 18.5 Å². The van der Waals surface area contributed by atoms with Gasteiger partial charge in [-0.2, -0.15) is 5.26 Å². The van der Waals surface area contributed by atoms with E-state index in [1.54, 1.807) is 6.07 Å². The molecule has 0 fully saturated rings. The molecule has 0 bridgehead atoms. The van der Waals surface area contributed by atoms with Crippen molar-refractivity contribution in [1.82, 2.24) is 5.32 Å². The molecule has 0 radical (unpaired) electrons. The summed E-state index contributed by atoms with van der Waals surface area (Å²) in [5, 5.41) is 12.2. The lowest BCUT2D eigenvalue weighted by Crippen LogP contribution is -2.28. The number of hydrogen-bond acceptors (Lipinski definition) is 2. The Balaban J connectivity index is 2.70. The lowest BCUT2D eigenvalue weighted by atomic mass is 10.0. The molecule has 0 amide bonds. The van der Waals surface area contributed by atoms with E-state index in [1.807, 2.05) is 18.2 Å². The van der Waals surface area contributed by atoms with Crippen molar-refractivity contribution < 1.29 is 0 Å². The van der Waals surface area contributed by atoms with E-state index in [9.17, 15) is 0 Å². The van der Waals surface area contributed by atoms with E-state index in [0.717, 1.165) is 5.56 Å². The molecule has 0 heterocycles. The molecule has 16 heavy (non-hydrogen) atoms. The molecule has 82 valence electrons. The number of nitrogens with one attached hydrogen (secondary N) is 1. The molecule has 0 aliphatic rings. The Morgan fingerprint density at radius 1 is 1.44 bits per heavy atom. The summed E-state index contributed by atoms with van der Waals surface area (Å²) in [5.41, 5.74) is 1.80. The first-order valence-electron chi connectivity index (χ1n) is 5.37. The maximum absolute atomic E-state index is 8.81. The van der Waals surface area contributed by atoms with Gasteiger partial charge in [0.15, 0.2) is 0 Å². The van der Waals surface area contributed by atoms with Crippen LogP contribution < -0.4 is 5.32 Å². The highest BCUT2D eigenvalue weighted by Crippen LogP contribution is 2.14. The zero-order chi connectivity index (χ0) is 12.0. The average molecular weight is 212 g/mol. The van der Waals surface area contributed by atoms with Crippen molar-refractivity contribution in [3.8, 4) is 18.4 Å². The van der Waals surface area contributed by atoms with Crippen molar-refractivity contribution >= 4 is 0 Å². The zero-order valence-corrected chi connectivity index (χ0v) is 9.70. The molecule has 1 aromatic rings. The molecule has 0 saturated carbocycles. The van der Waals surface area contributed by atoms with Crippen molar-refractivity contribution in [1.29, 1.82) is 5.26 Å². The Morgan fingerprint density at radius 3 is 2.81 bits per heavy atom. The molecular formula is C14H16N2. The van der Waals surface area contributed by atoms with E-state index in [0.29, 0.717) is 12.0 Å². The summed E-state index contributed by atoms with van der Waals surface area (Å²) in [7, 11) is 0.